The number of benzene rings is 3. The predicted molar refractivity (Wildman–Crippen MR) is 103 cm³/mol. The zero-order valence-corrected chi connectivity index (χ0v) is 14.6. The standard InChI is InChI=1S/C22H22N2O2/c23-21(25)12-13-24(16-17-6-2-1-3-7-17)22(26)15-18-10-11-19-8-4-5-9-20(19)14-18/h1-11,14H,12-13,15-16H2,(H2,23,25). The molecular formula is C22H22N2O2. The van der Waals surface area contributed by atoms with Crippen molar-refractivity contribution in [2.45, 2.75) is 19.4 Å². The van der Waals surface area contributed by atoms with Crippen LogP contribution in [0.15, 0.2) is 72.8 Å². The van der Waals surface area contributed by atoms with Gasteiger partial charge in [-0.1, -0.05) is 72.8 Å². The van der Waals surface area contributed by atoms with Crippen molar-refractivity contribution in [3.8, 4) is 0 Å². The topological polar surface area (TPSA) is 63.4 Å². The minimum Gasteiger partial charge on any atom is -0.370 e. The molecule has 0 heterocycles. The summed E-state index contributed by atoms with van der Waals surface area (Å²) in [6, 6.07) is 23.9. The third-order valence-electron chi connectivity index (χ3n) is 4.37. The number of rotatable bonds is 7. The van der Waals surface area contributed by atoms with E-state index in [2.05, 4.69) is 6.07 Å². The van der Waals surface area contributed by atoms with Crippen molar-refractivity contribution in [2.24, 2.45) is 5.73 Å². The number of hydrogen-bond donors (Lipinski definition) is 1. The van der Waals surface area contributed by atoms with Crippen LogP contribution in [-0.2, 0) is 22.6 Å². The maximum Gasteiger partial charge on any atom is 0.227 e. The zero-order chi connectivity index (χ0) is 18.4. The van der Waals surface area contributed by atoms with Crippen molar-refractivity contribution in [3.05, 3.63) is 83.9 Å². The van der Waals surface area contributed by atoms with E-state index in [-0.39, 0.29) is 12.3 Å². The van der Waals surface area contributed by atoms with E-state index in [0.29, 0.717) is 19.5 Å². The summed E-state index contributed by atoms with van der Waals surface area (Å²) in [5.74, 6) is -0.410. The first-order chi connectivity index (χ1) is 12.6. The Morgan fingerprint density at radius 1 is 0.808 bits per heavy atom. The minimum absolute atomic E-state index is 0.00890. The van der Waals surface area contributed by atoms with Crippen LogP contribution < -0.4 is 5.73 Å². The highest BCUT2D eigenvalue weighted by molar-refractivity contribution is 5.85. The van der Waals surface area contributed by atoms with Gasteiger partial charge in [0.15, 0.2) is 0 Å². The Hall–Kier alpha value is -3.14. The first kappa shape index (κ1) is 17.7. The molecule has 26 heavy (non-hydrogen) atoms. The van der Waals surface area contributed by atoms with E-state index in [1.54, 1.807) is 4.90 Å². The molecule has 0 saturated heterocycles. The van der Waals surface area contributed by atoms with Gasteiger partial charge in [0.2, 0.25) is 11.8 Å². The summed E-state index contributed by atoms with van der Waals surface area (Å²) in [5, 5.41) is 2.27. The number of primary amides is 1. The molecule has 0 spiro atoms. The molecule has 0 bridgehead atoms. The lowest BCUT2D eigenvalue weighted by atomic mass is 10.0. The number of nitrogens with zero attached hydrogens (tertiary/aromatic N) is 1. The SMILES string of the molecule is NC(=O)CCN(Cc1ccccc1)C(=O)Cc1ccc2ccccc2c1. The van der Waals surface area contributed by atoms with Crippen LogP contribution >= 0.6 is 0 Å². The molecule has 0 unspecified atom stereocenters. The molecule has 3 rings (SSSR count). The van der Waals surface area contributed by atoms with Gasteiger partial charge in [0.25, 0.3) is 0 Å². The number of amides is 2. The van der Waals surface area contributed by atoms with Gasteiger partial charge < -0.3 is 10.6 Å². The van der Waals surface area contributed by atoms with Crippen molar-refractivity contribution in [3.63, 3.8) is 0 Å². The Balaban J connectivity index is 1.75. The summed E-state index contributed by atoms with van der Waals surface area (Å²) < 4.78 is 0. The Kier molecular flexibility index (Phi) is 5.64. The predicted octanol–water partition coefficient (Wildman–Crippen LogP) is 3.29. The fourth-order valence-corrected chi connectivity index (χ4v) is 2.98. The van der Waals surface area contributed by atoms with Gasteiger partial charge in [-0.05, 0) is 21.9 Å². The third-order valence-corrected chi connectivity index (χ3v) is 4.37. The van der Waals surface area contributed by atoms with Crippen LogP contribution in [0.3, 0.4) is 0 Å². The van der Waals surface area contributed by atoms with E-state index in [9.17, 15) is 9.59 Å². The summed E-state index contributed by atoms with van der Waals surface area (Å²) in [7, 11) is 0. The van der Waals surface area contributed by atoms with E-state index in [1.807, 2.05) is 66.7 Å². The van der Waals surface area contributed by atoms with Gasteiger partial charge in [-0.2, -0.15) is 0 Å². The van der Waals surface area contributed by atoms with Crippen LogP contribution in [0.1, 0.15) is 17.5 Å². The molecule has 0 aromatic heterocycles. The van der Waals surface area contributed by atoms with Crippen molar-refractivity contribution in [2.75, 3.05) is 6.54 Å². The minimum atomic E-state index is -0.401. The third kappa shape index (κ3) is 4.70. The summed E-state index contributed by atoms with van der Waals surface area (Å²) in [5.41, 5.74) is 7.27. The second-order valence-corrected chi connectivity index (χ2v) is 6.38. The number of carbonyl (C=O) groups is 2. The van der Waals surface area contributed by atoms with Crippen molar-refractivity contribution in [1.29, 1.82) is 0 Å². The lowest BCUT2D eigenvalue weighted by Crippen LogP contribution is -2.34. The quantitative estimate of drug-likeness (QED) is 0.713. The zero-order valence-electron chi connectivity index (χ0n) is 14.6. The van der Waals surface area contributed by atoms with Gasteiger partial charge in [-0.25, -0.2) is 0 Å². The van der Waals surface area contributed by atoms with Crippen molar-refractivity contribution in [1.82, 2.24) is 4.90 Å². The molecule has 2 amide bonds. The van der Waals surface area contributed by atoms with Gasteiger partial charge in [0.1, 0.15) is 0 Å². The molecule has 0 radical (unpaired) electrons. The van der Waals surface area contributed by atoms with E-state index in [4.69, 9.17) is 5.73 Å². The summed E-state index contributed by atoms with van der Waals surface area (Å²) in [4.78, 5) is 25.7. The molecule has 3 aromatic rings. The Bertz CT molecular complexity index is 906. The molecule has 3 aromatic carbocycles. The van der Waals surface area contributed by atoms with E-state index in [0.717, 1.165) is 21.9 Å². The Morgan fingerprint density at radius 2 is 1.50 bits per heavy atom. The molecule has 132 valence electrons. The molecule has 0 aliphatic carbocycles. The second-order valence-electron chi connectivity index (χ2n) is 6.38. The molecule has 0 saturated carbocycles. The van der Waals surface area contributed by atoms with Gasteiger partial charge in [0.05, 0.1) is 6.42 Å². The van der Waals surface area contributed by atoms with Gasteiger partial charge >= 0.3 is 0 Å². The first-order valence-corrected chi connectivity index (χ1v) is 8.69. The van der Waals surface area contributed by atoms with Gasteiger partial charge in [-0.15, -0.1) is 0 Å². The summed E-state index contributed by atoms with van der Waals surface area (Å²) in [6.45, 7) is 0.803. The Morgan fingerprint density at radius 3 is 2.23 bits per heavy atom. The maximum absolute atomic E-state index is 12.8. The summed E-state index contributed by atoms with van der Waals surface area (Å²) in [6.07, 6.45) is 0.465. The van der Waals surface area contributed by atoms with E-state index < -0.39 is 5.91 Å². The highest BCUT2D eigenvalue weighted by atomic mass is 16.2. The van der Waals surface area contributed by atoms with E-state index >= 15 is 0 Å². The molecule has 0 aliphatic heterocycles. The smallest absolute Gasteiger partial charge is 0.227 e. The lowest BCUT2D eigenvalue weighted by Gasteiger charge is -2.22. The molecule has 4 heteroatoms. The molecule has 4 nitrogen and oxygen atoms in total. The molecule has 0 aliphatic rings. The molecule has 0 fully saturated rings. The van der Waals surface area contributed by atoms with Crippen LogP contribution in [0, 0.1) is 0 Å². The number of fused-ring (bicyclic) bond motifs is 1. The highest BCUT2D eigenvalue weighted by Crippen LogP contribution is 2.17. The highest BCUT2D eigenvalue weighted by Gasteiger charge is 2.15. The molecule has 0 atom stereocenters. The van der Waals surface area contributed by atoms with Crippen LogP contribution in [0.2, 0.25) is 0 Å². The van der Waals surface area contributed by atoms with Gasteiger partial charge in [-0.3, -0.25) is 9.59 Å². The van der Waals surface area contributed by atoms with Crippen LogP contribution in [0.25, 0.3) is 10.8 Å². The fourth-order valence-electron chi connectivity index (χ4n) is 2.98. The van der Waals surface area contributed by atoms with Crippen LogP contribution in [-0.4, -0.2) is 23.3 Å². The Labute approximate surface area is 153 Å². The molecular weight excluding hydrogens is 324 g/mol. The van der Waals surface area contributed by atoms with Crippen molar-refractivity contribution < 1.29 is 9.59 Å². The van der Waals surface area contributed by atoms with Crippen LogP contribution in [0.5, 0.6) is 0 Å². The fraction of sp³-hybridized carbons (Fsp3) is 0.182. The average Bonchev–Trinajstić information content (AvgIpc) is 2.65. The normalized spacial score (nSPS) is 10.6. The largest absolute Gasteiger partial charge is 0.370 e. The number of nitrogens with two attached hydrogens (primary N) is 1. The average molecular weight is 346 g/mol. The van der Waals surface area contributed by atoms with E-state index in [1.165, 1.54) is 0 Å². The maximum atomic E-state index is 12.8. The second kappa shape index (κ2) is 8.30. The molecule has 2 N–H and O–H groups in total. The number of carbonyl (C=O) groups excluding carboxylic acids is 2. The lowest BCUT2D eigenvalue weighted by molar-refractivity contribution is -0.131. The van der Waals surface area contributed by atoms with Crippen LogP contribution in [0.4, 0.5) is 0 Å². The number of hydrogen-bond acceptors (Lipinski definition) is 2. The monoisotopic (exact) mass is 346 g/mol. The van der Waals surface area contributed by atoms with Crippen molar-refractivity contribution >= 4 is 22.6 Å². The first-order valence-electron chi connectivity index (χ1n) is 8.69. The van der Waals surface area contributed by atoms with Gasteiger partial charge in [0, 0.05) is 19.5 Å². The summed E-state index contributed by atoms with van der Waals surface area (Å²) >= 11 is 0.